The van der Waals surface area contributed by atoms with E-state index in [1.54, 1.807) is 7.11 Å². The van der Waals surface area contributed by atoms with Crippen LogP contribution in [0.25, 0.3) is 0 Å². The van der Waals surface area contributed by atoms with Crippen LogP contribution in [-0.2, 0) is 0 Å². The summed E-state index contributed by atoms with van der Waals surface area (Å²) in [5.74, 6) is 1.51. The van der Waals surface area contributed by atoms with E-state index >= 15 is 0 Å². The molecule has 6 heteroatoms. The van der Waals surface area contributed by atoms with Gasteiger partial charge in [0.15, 0.2) is 0 Å². The fourth-order valence-electron chi connectivity index (χ4n) is 4.14. The molecule has 28 heavy (non-hydrogen) atoms. The van der Waals surface area contributed by atoms with Crippen molar-refractivity contribution in [3.63, 3.8) is 0 Å². The smallest absolute Gasteiger partial charge is 0.319 e. The van der Waals surface area contributed by atoms with Crippen molar-refractivity contribution < 1.29 is 14.3 Å². The number of rotatable bonds is 3. The van der Waals surface area contributed by atoms with Gasteiger partial charge in [-0.1, -0.05) is 30.3 Å². The molecule has 0 aromatic heterocycles. The number of likely N-dealkylation sites (tertiary alicyclic amines) is 1. The maximum Gasteiger partial charge on any atom is 0.319 e. The van der Waals surface area contributed by atoms with Gasteiger partial charge in [0.1, 0.15) is 17.1 Å². The number of fused-ring (bicyclic) bond motifs is 1. The number of amides is 2. The van der Waals surface area contributed by atoms with Gasteiger partial charge in [0.05, 0.1) is 18.8 Å². The summed E-state index contributed by atoms with van der Waals surface area (Å²) in [6, 6.07) is 15.1. The van der Waals surface area contributed by atoms with Gasteiger partial charge in [-0.15, -0.1) is 0 Å². The van der Waals surface area contributed by atoms with Gasteiger partial charge >= 0.3 is 6.03 Å². The average molecular weight is 381 g/mol. The number of carbonyl (C=O) groups excluding carboxylic acids is 1. The minimum atomic E-state index is -0.241. The maximum atomic E-state index is 12.8. The largest absolute Gasteiger partial charge is 0.495 e. The number of ether oxygens (including phenoxy) is 2. The number of piperidine rings is 1. The highest BCUT2D eigenvalue weighted by Crippen LogP contribution is 2.44. The molecule has 2 amide bonds. The van der Waals surface area contributed by atoms with Gasteiger partial charge in [-0.2, -0.15) is 0 Å². The lowest BCUT2D eigenvalue weighted by Gasteiger charge is -2.46. The molecule has 0 unspecified atom stereocenters. The summed E-state index contributed by atoms with van der Waals surface area (Å²) >= 11 is 0. The van der Waals surface area contributed by atoms with Gasteiger partial charge in [0, 0.05) is 25.1 Å². The molecule has 0 radical (unpaired) electrons. The fraction of sp³-hybridized carbons (Fsp3) is 0.409. The highest BCUT2D eigenvalue weighted by molar-refractivity contribution is 5.91. The predicted molar refractivity (Wildman–Crippen MR) is 109 cm³/mol. The summed E-state index contributed by atoms with van der Waals surface area (Å²) in [7, 11) is 3.73. The van der Waals surface area contributed by atoms with Crippen molar-refractivity contribution in [1.82, 2.24) is 10.2 Å². The first kappa shape index (κ1) is 18.6. The van der Waals surface area contributed by atoms with E-state index in [1.807, 2.05) is 48.5 Å². The van der Waals surface area contributed by atoms with Crippen LogP contribution in [0.4, 0.5) is 10.5 Å². The van der Waals surface area contributed by atoms with E-state index in [9.17, 15) is 4.79 Å². The van der Waals surface area contributed by atoms with Crippen LogP contribution >= 0.6 is 0 Å². The zero-order valence-electron chi connectivity index (χ0n) is 16.4. The number of hydrogen-bond acceptors (Lipinski definition) is 4. The second kappa shape index (κ2) is 7.72. The minimum absolute atomic E-state index is 0.0944. The number of urea groups is 1. The Labute approximate surface area is 165 Å². The van der Waals surface area contributed by atoms with Crippen molar-refractivity contribution in [1.29, 1.82) is 0 Å². The van der Waals surface area contributed by atoms with Gasteiger partial charge < -0.3 is 25.0 Å². The lowest BCUT2D eigenvalue weighted by atomic mass is 9.80. The van der Waals surface area contributed by atoms with Crippen LogP contribution in [0.5, 0.6) is 11.5 Å². The number of para-hydroxylation sites is 3. The Morgan fingerprint density at radius 1 is 1.14 bits per heavy atom. The van der Waals surface area contributed by atoms with Gasteiger partial charge in [-0.3, -0.25) is 0 Å². The predicted octanol–water partition coefficient (Wildman–Crippen LogP) is 3.80. The Bertz CT molecular complexity index is 846. The van der Waals surface area contributed by atoms with Gasteiger partial charge in [-0.25, -0.2) is 4.79 Å². The highest BCUT2D eigenvalue weighted by Gasteiger charge is 2.43. The molecule has 2 aromatic rings. The Kier molecular flexibility index (Phi) is 5.13. The van der Waals surface area contributed by atoms with Crippen LogP contribution in [-0.4, -0.2) is 43.8 Å². The highest BCUT2D eigenvalue weighted by atomic mass is 16.5. The first-order valence-electron chi connectivity index (χ1n) is 9.76. The summed E-state index contributed by atoms with van der Waals surface area (Å²) in [5, 5.41) is 6.07. The number of methoxy groups -OCH3 is 1. The van der Waals surface area contributed by atoms with Crippen molar-refractivity contribution in [2.24, 2.45) is 0 Å². The summed E-state index contributed by atoms with van der Waals surface area (Å²) in [6.45, 7) is 2.00. The molecule has 0 bridgehead atoms. The van der Waals surface area contributed by atoms with Gasteiger partial charge in [0.25, 0.3) is 0 Å². The molecule has 2 aliphatic rings. The number of nitrogens with zero attached hydrogens (tertiary/aromatic N) is 1. The lowest BCUT2D eigenvalue weighted by molar-refractivity contribution is -0.0188. The normalized spacial score (nSPS) is 20.7. The van der Waals surface area contributed by atoms with E-state index in [1.165, 1.54) is 0 Å². The Morgan fingerprint density at radius 3 is 2.64 bits per heavy atom. The van der Waals surface area contributed by atoms with E-state index < -0.39 is 0 Å². The van der Waals surface area contributed by atoms with Crippen LogP contribution in [0, 0.1) is 0 Å². The van der Waals surface area contributed by atoms with Gasteiger partial charge in [0.2, 0.25) is 0 Å². The summed E-state index contributed by atoms with van der Waals surface area (Å²) in [6.07, 6.45) is 2.70. The molecule has 0 aliphatic carbocycles. The molecule has 2 aromatic carbocycles. The molecule has 6 nitrogen and oxygen atoms in total. The van der Waals surface area contributed by atoms with Crippen LogP contribution in [0.3, 0.4) is 0 Å². The standard InChI is InChI=1S/C22H27N3O3/c1-25-13-11-22(12-14-25)15-18(16-7-3-5-9-19(16)28-22)24-21(26)23-17-8-4-6-10-20(17)27-2/h3-10,18H,11-15H2,1-2H3,(H2,23,24,26)/t18-/m1/s1. The van der Waals surface area contributed by atoms with Crippen LogP contribution in [0.1, 0.15) is 30.9 Å². The van der Waals surface area contributed by atoms with Crippen LogP contribution < -0.4 is 20.1 Å². The third-order valence-electron chi connectivity index (χ3n) is 5.76. The summed E-state index contributed by atoms with van der Waals surface area (Å²) in [4.78, 5) is 15.1. The number of anilines is 1. The van der Waals surface area contributed by atoms with E-state index in [4.69, 9.17) is 9.47 Å². The third-order valence-corrected chi connectivity index (χ3v) is 5.76. The van der Waals surface area contributed by atoms with Crippen molar-refractivity contribution in [3.8, 4) is 11.5 Å². The Morgan fingerprint density at radius 2 is 1.86 bits per heavy atom. The monoisotopic (exact) mass is 381 g/mol. The fourth-order valence-corrected chi connectivity index (χ4v) is 4.14. The molecule has 2 N–H and O–H groups in total. The molecular formula is C22H27N3O3. The molecule has 1 atom stereocenters. The molecule has 2 aliphatic heterocycles. The summed E-state index contributed by atoms with van der Waals surface area (Å²) < 4.78 is 11.8. The number of nitrogens with one attached hydrogen (secondary N) is 2. The molecule has 0 saturated carbocycles. The zero-order chi connectivity index (χ0) is 19.6. The number of benzene rings is 2. The SMILES string of the molecule is COc1ccccc1NC(=O)N[C@@H]1CC2(CCN(C)CC2)Oc2ccccc21. The number of hydrogen-bond donors (Lipinski definition) is 2. The lowest BCUT2D eigenvalue weighted by Crippen LogP contribution is -2.51. The molecule has 4 rings (SSSR count). The summed E-state index contributed by atoms with van der Waals surface area (Å²) in [5.41, 5.74) is 1.46. The first-order valence-corrected chi connectivity index (χ1v) is 9.76. The van der Waals surface area contributed by atoms with E-state index in [-0.39, 0.29) is 17.7 Å². The molecule has 148 valence electrons. The van der Waals surface area contributed by atoms with Crippen molar-refractivity contribution in [3.05, 3.63) is 54.1 Å². The van der Waals surface area contributed by atoms with Crippen molar-refractivity contribution >= 4 is 11.7 Å². The van der Waals surface area contributed by atoms with Crippen LogP contribution in [0.15, 0.2) is 48.5 Å². The Balaban J connectivity index is 1.53. The maximum absolute atomic E-state index is 12.8. The molecule has 1 spiro atoms. The van der Waals surface area contributed by atoms with Crippen molar-refractivity contribution in [2.75, 3.05) is 32.6 Å². The second-order valence-electron chi connectivity index (χ2n) is 7.68. The third kappa shape index (κ3) is 3.78. The Hall–Kier alpha value is -2.73. The quantitative estimate of drug-likeness (QED) is 0.849. The van der Waals surface area contributed by atoms with Crippen LogP contribution in [0.2, 0.25) is 0 Å². The molecular weight excluding hydrogens is 354 g/mol. The minimum Gasteiger partial charge on any atom is -0.495 e. The zero-order valence-corrected chi connectivity index (χ0v) is 16.4. The molecule has 1 saturated heterocycles. The van der Waals surface area contributed by atoms with E-state index in [0.29, 0.717) is 11.4 Å². The number of carbonyl (C=O) groups is 1. The van der Waals surface area contributed by atoms with Crippen molar-refractivity contribution in [2.45, 2.75) is 30.9 Å². The first-order chi connectivity index (χ1) is 13.6. The molecule has 2 heterocycles. The average Bonchev–Trinajstić information content (AvgIpc) is 2.71. The van der Waals surface area contributed by atoms with E-state index in [2.05, 4.69) is 22.6 Å². The topological polar surface area (TPSA) is 62.8 Å². The van der Waals surface area contributed by atoms with E-state index in [0.717, 1.165) is 43.7 Å². The second-order valence-corrected chi connectivity index (χ2v) is 7.68. The molecule has 1 fully saturated rings. The van der Waals surface area contributed by atoms with Gasteiger partial charge in [-0.05, 0) is 38.1 Å².